The molecule has 0 spiro atoms. The lowest BCUT2D eigenvalue weighted by Crippen LogP contribution is -2.51. The van der Waals surface area contributed by atoms with Crippen LogP contribution in [0.4, 0.5) is 13.2 Å². The van der Waals surface area contributed by atoms with Crippen LogP contribution in [-0.4, -0.2) is 24.1 Å². The maximum Gasteiger partial charge on any atom is 0.419 e. The number of hydrogen-bond acceptors (Lipinski definition) is 1. The van der Waals surface area contributed by atoms with Crippen molar-refractivity contribution in [3.8, 4) is 0 Å². The Bertz CT molecular complexity index is 459. The van der Waals surface area contributed by atoms with Gasteiger partial charge in [-0.2, -0.15) is 13.2 Å². The molecule has 6 heteroatoms. The van der Waals surface area contributed by atoms with E-state index in [1.54, 1.807) is 37.4 Å². The van der Waals surface area contributed by atoms with Crippen LogP contribution in [0.1, 0.15) is 12.5 Å². The van der Waals surface area contributed by atoms with E-state index >= 15 is 0 Å². The first-order valence-corrected chi connectivity index (χ1v) is 10.8. The van der Waals surface area contributed by atoms with Crippen LogP contribution < -0.4 is 0 Å². The van der Waals surface area contributed by atoms with Gasteiger partial charge in [0, 0.05) is 4.05 Å². The van der Waals surface area contributed by atoms with Crippen molar-refractivity contribution in [3.05, 3.63) is 42.0 Å². The first-order valence-electron chi connectivity index (χ1n) is 6.17. The van der Waals surface area contributed by atoms with E-state index in [-0.39, 0.29) is 0 Å². The highest BCUT2D eigenvalue weighted by Gasteiger charge is 2.52. The quantitative estimate of drug-likeness (QED) is 0.365. The van der Waals surface area contributed by atoms with Crippen molar-refractivity contribution in [1.82, 2.24) is 0 Å². The van der Waals surface area contributed by atoms with Crippen molar-refractivity contribution in [2.45, 2.75) is 31.8 Å². The zero-order chi connectivity index (χ0) is 15.4. The average Bonchev–Trinajstić information content (AvgIpc) is 2.36. The van der Waals surface area contributed by atoms with E-state index in [1.165, 1.54) is 6.08 Å². The van der Waals surface area contributed by atoms with E-state index < -0.39 is 20.1 Å². The highest BCUT2D eigenvalue weighted by atomic mass is 127. The van der Waals surface area contributed by atoms with Gasteiger partial charge in [0.2, 0.25) is 0 Å². The molecule has 1 aromatic rings. The van der Waals surface area contributed by atoms with Crippen molar-refractivity contribution < 1.29 is 17.6 Å². The molecule has 0 bridgehead atoms. The Kier molecular flexibility index (Phi) is 5.86. The molecule has 112 valence electrons. The van der Waals surface area contributed by atoms with Gasteiger partial charge in [-0.05, 0) is 31.7 Å². The highest BCUT2D eigenvalue weighted by molar-refractivity contribution is 14.1. The fourth-order valence-electron chi connectivity index (χ4n) is 1.61. The summed E-state index contributed by atoms with van der Waals surface area (Å²) in [5, 5.41) is 0. The van der Waals surface area contributed by atoms with E-state index in [0.717, 1.165) is 18.6 Å². The molecule has 1 rings (SSSR count). The summed E-state index contributed by atoms with van der Waals surface area (Å²) in [4.78, 5) is 0. The molecule has 0 aromatic heterocycles. The van der Waals surface area contributed by atoms with E-state index in [2.05, 4.69) is 22.6 Å². The average molecular weight is 414 g/mol. The molecular weight excluding hydrogens is 396 g/mol. The summed E-state index contributed by atoms with van der Waals surface area (Å²) in [6.07, 6.45) is -1.86. The third-order valence-electron chi connectivity index (χ3n) is 2.77. The Morgan fingerprint density at radius 1 is 1.20 bits per heavy atom. The Morgan fingerprint density at radius 2 is 1.75 bits per heavy atom. The van der Waals surface area contributed by atoms with Crippen molar-refractivity contribution in [3.63, 3.8) is 0 Å². The van der Waals surface area contributed by atoms with Crippen LogP contribution >= 0.6 is 22.6 Å². The summed E-state index contributed by atoms with van der Waals surface area (Å²) >= 11 is 2.08. The van der Waals surface area contributed by atoms with E-state index in [1.807, 2.05) is 6.07 Å². The molecule has 0 N–H and O–H groups in total. The number of halogens is 4. The third kappa shape index (κ3) is 4.89. The van der Waals surface area contributed by atoms with Crippen LogP contribution in [0.5, 0.6) is 0 Å². The molecule has 0 aliphatic carbocycles. The second-order valence-corrected chi connectivity index (χ2v) is 11.6. The maximum absolute atomic E-state index is 13.3. The summed E-state index contributed by atoms with van der Waals surface area (Å²) in [7, 11) is -2.35. The minimum absolute atomic E-state index is 0.607. The predicted octanol–water partition coefficient (Wildman–Crippen LogP) is 5.22. The molecule has 0 saturated carbocycles. The number of alkyl halides is 4. The van der Waals surface area contributed by atoms with Gasteiger partial charge in [0.15, 0.2) is 13.9 Å². The maximum atomic E-state index is 13.3. The first kappa shape index (κ1) is 17.7. The second kappa shape index (κ2) is 6.61. The monoisotopic (exact) mass is 414 g/mol. The Morgan fingerprint density at radius 3 is 2.20 bits per heavy atom. The number of hydrogen-bond donors (Lipinski definition) is 0. The molecule has 0 saturated heterocycles. The van der Waals surface area contributed by atoms with Gasteiger partial charge in [-0.15, -0.1) is 0 Å². The summed E-state index contributed by atoms with van der Waals surface area (Å²) in [6, 6.07) is 8.91. The standard InChI is InChI=1S/C14H18F3IOSi/c1-13(14(15,16)17,19-20(2,3)11-18)10-9-12-7-5-4-6-8-12/h4-10H,11H2,1-3H3/b10-9+. The van der Waals surface area contributed by atoms with Gasteiger partial charge in [0.1, 0.15) is 0 Å². The highest BCUT2D eigenvalue weighted by Crippen LogP contribution is 2.37. The lowest BCUT2D eigenvalue weighted by atomic mass is 10.0. The molecule has 0 fully saturated rings. The minimum Gasteiger partial charge on any atom is -0.400 e. The van der Waals surface area contributed by atoms with Crippen LogP contribution in [0.2, 0.25) is 13.1 Å². The van der Waals surface area contributed by atoms with E-state index in [0.29, 0.717) is 4.05 Å². The van der Waals surface area contributed by atoms with Gasteiger partial charge >= 0.3 is 6.18 Å². The Balaban J connectivity index is 3.04. The molecule has 1 atom stereocenters. The van der Waals surface area contributed by atoms with Gasteiger partial charge in [-0.3, -0.25) is 0 Å². The second-order valence-electron chi connectivity index (χ2n) is 5.34. The molecule has 1 aromatic carbocycles. The third-order valence-corrected chi connectivity index (χ3v) is 9.90. The molecule has 0 radical (unpaired) electrons. The number of rotatable bonds is 5. The van der Waals surface area contributed by atoms with E-state index in [4.69, 9.17) is 4.43 Å². The smallest absolute Gasteiger partial charge is 0.400 e. The Hall–Kier alpha value is -0.343. The fourth-order valence-corrected chi connectivity index (χ4v) is 3.46. The van der Waals surface area contributed by atoms with Crippen LogP contribution in [0.3, 0.4) is 0 Å². The van der Waals surface area contributed by atoms with Crippen LogP contribution in [0.25, 0.3) is 6.08 Å². The summed E-state index contributed by atoms with van der Waals surface area (Å²) in [5.41, 5.74) is -1.52. The van der Waals surface area contributed by atoms with Crippen LogP contribution in [-0.2, 0) is 4.43 Å². The van der Waals surface area contributed by atoms with Gasteiger partial charge < -0.3 is 4.43 Å². The molecule has 0 aliphatic heterocycles. The summed E-state index contributed by atoms with van der Waals surface area (Å²) in [5.74, 6) is 0. The SMILES string of the molecule is CC(/C=C/c1ccccc1)(O[Si](C)(C)CI)C(F)(F)F. The van der Waals surface area contributed by atoms with E-state index in [9.17, 15) is 13.2 Å². The van der Waals surface area contributed by atoms with Gasteiger partial charge in [-0.25, -0.2) is 0 Å². The Labute approximate surface area is 132 Å². The molecule has 1 nitrogen and oxygen atoms in total. The largest absolute Gasteiger partial charge is 0.419 e. The van der Waals surface area contributed by atoms with Crippen molar-refractivity contribution in [2.24, 2.45) is 0 Å². The molecule has 20 heavy (non-hydrogen) atoms. The van der Waals surface area contributed by atoms with Gasteiger partial charge in [0.05, 0.1) is 0 Å². The van der Waals surface area contributed by atoms with Crippen LogP contribution in [0.15, 0.2) is 36.4 Å². The molecule has 0 aliphatic rings. The molecular formula is C14H18F3IOSi. The fraction of sp³-hybridized carbons (Fsp3) is 0.429. The minimum atomic E-state index is -4.44. The lowest BCUT2D eigenvalue weighted by molar-refractivity contribution is -0.225. The van der Waals surface area contributed by atoms with Crippen molar-refractivity contribution in [1.29, 1.82) is 0 Å². The molecule has 0 heterocycles. The summed E-state index contributed by atoms with van der Waals surface area (Å²) in [6.45, 7) is 4.67. The van der Waals surface area contributed by atoms with Crippen molar-refractivity contribution in [2.75, 3.05) is 4.05 Å². The first-order chi connectivity index (χ1) is 9.10. The predicted molar refractivity (Wildman–Crippen MR) is 87.4 cm³/mol. The normalized spacial score (nSPS) is 16.4. The number of benzene rings is 1. The molecule has 1 unspecified atom stereocenters. The zero-order valence-corrected chi connectivity index (χ0v) is 14.8. The molecule has 0 amide bonds. The summed E-state index contributed by atoms with van der Waals surface area (Å²) < 4.78 is 46.0. The van der Waals surface area contributed by atoms with Crippen molar-refractivity contribution >= 4 is 37.0 Å². The zero-order valence-electron chi connectivity index (χ0n) is 11.7. The lowest BCUT2D eigenvalue weighted by Gasteiger charge is -2.36. The van der Waals surface area contributed by atoms with Gasteiger partial charge in [-0.1, -0.05) is 59.0 Å². The van der Waals surface area contributed by atoms with Gasteiger partial charge in [0.25, 0.3) is 0 Å². The van der Waals surface area contributed by atoms with Crippen LogP contribution in [0, 0.1) is 0 Å². The topological polar surface area (TPSA) is 9.23 Å².